The van der Waals surface area contributed by atoms with Gasteiger partial charge in [0.15, 0.2) is 0 Å². The fourth-order valence-electron chi connectivity index (χ4n) is 2.45. The molecule has 0 spiro atoms. The Morgan fingerprint density at radius 2 is 2.10 bits per heavy atom. The Morgan fingerprint density at radius 1 is 1.25 bits per heavy atom. The van der Waals surface area contributed by atoms with Gasteiger partial charge in [-0.15, -0.1) is 0 Å². The summed E-state index contributed by atoms with van der Waals surface area (Å²) in [5.74, 6) is -0.803. The van der Waals surface area contributed by atoms with Crippen LogP contribution in [0.5, 0.6) is 0 Å². The first kappa shape index (κ1) is 12.5. The minimum Gasteiger partial charge on any atom is -0.481 e. The van der Waals surface area contributed by atoms with Gasteiger partial charge >= 0.3 is 5.97 Å². The summed E-state index contributed by atoms with van der Waals surface area (Å²) in [6.45, 7) is 1.60. The lowest BCUT2D eigenvalue weighted by Gasteiger charge is -2.05. The van der Waals surface area contributed by atoms with Crippen LogP contribution in [0.1, 0.15) is 5.56 Å². The van der Waals surface area contributed by atoms with Gasteiger partial charge in [-0.1, -0.05) is 18.2 Å². The molecule has 0 unspecified atom stereocenters. The Hall–Kier alpha value is -2.56. The number of hydrogen-bond acceptors (Lipinski definition) is 2. The molecule has 3 aromatic rings. The molecule has 3 rings (SSSR count). The second-order valence-electron chi connectivity index (χ2n) is 4.74. The molecule has 0 saturated carbocycles. The third kappa shape index (κ3) is 2.42. The van der Waals surface area contributed by atoms with Crippen molar-refractivity contribution in [2.75, 3.05) is 0 Å². The van der Waals surface area contributed by atoms with Crippen molar-refractivity contribution in [3.8, 4) is 0 Å². The molecule has 0 bridgehead atoms. The molecule has 1 N–H and O–H groups in total. The molecular weight excluding hydrogens is 254 g/mol. The Kier molecular flexibility index (Phi) is 3.25. The lowest BCUT2D eigenvalue weighted by atomic mass is 10.1. The van der Waals surface area contributed by atoms with E-state index in [0.29, 0.717) is 0 Å². The number of carboxylic acids is 1. The summed E-state index contributed by atoms with van der Waals surface area (Å²) in [6, 6.07) is 7.91. The number of fused-ring (bicyclic) bond motifs is 1. The normalized spacial score (nSPS) is 11.0. The van der Waals surface area contributed by atoms with Gasteiger partial charge in [-0.05, 0) is 11.6 Å². The molecule has 0 aliphatic heterocycles. The fourth-order valence-corrected chi connectivity index (χ4v) is 2.45. The van der Waals surface area contributed by atoms with E-state index in [1.807, 2.05) is 41.2 Å². The highest BCUT2D eigenvalue weighted by Gasteiger charge is 2.10. The van der Waals surface area contributed by atoms with Gasteiger partial charge in [0.2, 0.25) is 0 Å². The predicted octanol–water partition coefficient (Wildman–Crippen LogP) is 2.17. The molecule has 1 aromatic carbocycles. The van der Waals surface area contributed by atoms with E-state index >= 15 is 0 Å². The highest BCUT2D eigenvalue weighted by atomic mass is 16.4. The number of nitrogens with zero attached hydrogens (tertiary/aromatic N) is 3. The van der Waals surface area contributed by atoms with Gasteiger partial charge in [-0.25, -0.2) is 4.98 Å². The van der Waals surface area contributed by atoms with E-state index in [9.17, 15) is 4.79 Å². The van der Waals surface area contributed by atoms with Crippen molar-refractivity contribution in [2.24, 2.45) is 0 Å². The zero-order valence-corrected chi connectivity index (χ0v) is 10.9. The number of aryl methyl sites for hydroxylation is 2. The Bertz CT molecular complexity index is 729. The number of imidazole rings is 1. The third-order valence-electron chi connectivity index (χ3n) is 3.37. The lowest BCUT2D eigenvalue weighted by Crippen LogP contribution is -2.05. The van der Waals surface area contributed by atoms with Crippen molar-refractivity contribution in [3.05, 3.63) is 54.7 Å². The third-order valence-corrected chi connectivity index (χ3v) is 3.37. The van der Waals surface area contributed by atoms with Gasteiger partial charge < -0.3 is 14.2 Å². The molecule has 0 saturated heterocycles. The predicted molar refractivity (Wildman–Crippen MR) is 75.5 cm³/mol. The summed E-state index contributed by atoms with van der Waals surface area (Å²) < 4.78 is 4.11. The molecule has 0 radical (unpaired) electrons. The molecule has 0 aliphatic carbocycles. The quantitative estimate of drug-likeness (QED) is 0.772. The maximum absolute atomic E-state index is 10.9. The number of rotatable bonds is 5. The van der Waals surface area contributed by atoms with Gasteiger partial charge in [-0.2, -0.15) is 0 Å². The summed E-state index contributed by atoms with van der Waals surface area (Å²) in [7, 11) is 0. The van der Waals surface area contributed by atoms with Crippen LogP contribution >= 0.6 is 0 Å². The first-order valence-corrected chi connectivity index (χ1v) is 6.48. The van der Waals surface area contributed by atoms with Crippen LogP contribution < -0.4 is 0 Å². The molecule has 2 aromatic heterocycles. The molecule has 0 amide bonds. The van der Waals surface area contributed by atoms with Crippen LogP contribution in [-0.4, -0.2) is 25.2 Å². The Morgan fingerprint density at radius 3 is 2.85 bits per heavy atom. The van der Waals surface area contributed by atoms with Crippen LogP contribution in [0.15, 0.2) is 49.2 Å². The van der Waals surface area contributed by atoms with Crippen LogP contribution in [0, 0.1) is 0 Å². The van der Waals surface area contributed by atoms with Crippen molar-refractivity contribution >= 4 is 16.9 Å². The van der Waals surface area contributed by atoms with Crippen molar-refractivity contribution in [2.45, 2.75) is 19.5 Å². The molecule has 5 nitrogen and oxygen atoms in total. The van der Waals surface area contributed by atoms with Gasteiger partial charge in [0.05, 0.1) is 12.7 Å². The summed E-state index contributed by atoms with van der Waals surface area (Å²) in [4.78, 5) is 15.0. The standard InChI is InChI=1S/C15H15N3O2/c19-15(20)9-12-10-18(8-7-17-6-5-16-11-17)14-4-2-1-3-13(12)14/h1-6,10-11H,7-9H2,(H,19,20). The number of carbonyl (C=O) groups is 1. The average molecular weight is 269 g/mol. The summed E-state index contributed by atoms with van der Waals surface area (Å²) >= 11 is 0. The largest absolute Gasteiger partial charge is 0.481 e. The molecule has 102 valence electrons. The average Bonchev–Trinajstić information content (AvgIpc) is 3.05. The van der Waals surface area contributed by atoms with E-state index in [1.165, 1.54) is 0 Å². The maximum Gasteiger partial charge on any atom is 0.307 e. The second-order valence-corrected chi connectivity index (χ2v) is 4.74. The SMILES string of the molecule is O=C(O)Cc1cn(CCn2ccnc2)c2ccccc12. The Balaban J connectivity index is 1.91. The first-order valence-electron chi connectivity index (χ1n) is 6.48. The van der Waals surface area contributed by atoms with Crippen molar-refractivity contribution in [1.82, 2.24) is 14.1 Å². The molecule has 0 aliphatic rings. The van der Waals surface area contributed by atoms with Crippen molar-refractivity contribution in [1.29, 1.82) is 0 Å². The van der Waals surface area contributed by atoms with Gasteiger partial charge in [0, 0.05) is 42.6 Å². The summed E-state index contributed by atoms with van der Waals surface area (Å²) in [5, 5.41) is 10.0. The smallest absolute Gasteiger partial charge is 0.307 e. The van der Waals surface area contributed by atoms with Gasteiger partial charge in [0.1, 0.15) is 0 Å². The van der Waals surface area contributed by atoms with E-state index < -0.39 is 5.97 Å². The number of carboxylic acid groups (broad SMARTS) is 1. The van der Waals surface area contributed by atoms with Gasteiger partial charge in [0.25, 0.3) is 0 Å². The molecular formula is C15H15N3O2. The van der Waals surface area contributed by atoms with Crippen LogP contribution in [0.3, 0.4) is 0 Å². The van der Waals surface area contributed by atoms with Crippen LogP contribution in [0.25, 0.3) is 10.9 Å². The monoisotopic (exact) mass is 269 g/mol. The minimum absolute atomic E-state index is 0.0542. The van der Waals surface area contributed by atoms with Crippen LogP contribution in [0.4, 0.5) is 0 Å². The molecule has 0 atom stereocenters. The van der Waals surface area contributed by atoms with E-state index in [0.717, 1.165) is 29.6 Å². The van der Waals surface area contributed by atoms with E-state index in [4.69, 9.17) is 5.11 Å². The number of aromatic nitrogens is 3. The summed E-state index contributed by atoms with van der Waals surface area (Å²) in [5.41, 5.74) is 1.93. The highest BCUT2D eigenvalue weighted by molar-refractivity contribution is 5.87. The maximum atomic E-state index is 10.9. The van der Waals surface area contributed by atoms with Crippen LogP contribution in [-0.2, 0) is 24.3 Å². The molecule has 2 heterocycles. The first-order chi connectivity index (χ1) is 9.74. The molecule has 0 fully saturated rings. The van der Waals surface area contributed by atoms with Crippen molar-refractivity contribution in [3.63, 3.8) is 0 Å². The zero-order chi connectivity index (χ0) is 13.9. The van der Waals surface area contributed by atoms with E-state index in [1.54, 1.807) is 12.5 Å². The fraction of sp³-hybridized carbons (Fsp3) is 0.200. The number of hydrogen-bond donors (Lipinski definition) is 1. The zero-order valence-electron chi connectivity index (χ0n) is 10.9. The van der Waals surface area contributed by atoms with E-state index in [2.05, 4.69) is 9.55 Å². The molecule has 5 heteroatoms. The summed E-state index contributed by atoms with van der Waals surface area (Å²) in [6.07, 6.45) is 7.45. The van der Waals surface area contributed by atoms with Crippen molar-refractivity contribution < 1.29 is 9.90 Å². The van der Waals surface area contributed by atoms with Crippen LogP contribution in [0.2, 0.25) is 0 Å². The Labute approximate surface area is 116 Å². The van der Waals surface area contributed by atoms with Gasteiger partial charge in [-0.3, -0.25) is 4.79 Å². The topological polar surface area (TPSA) is 60.0 Å². The lowest BCUT2D eigenvalue weighted by molar-refractivity contribution is -0.136. The number of para-hydroxylation sites is 1. The minimum atomic E-state index is -0.803. The number of benzene rings is 1. The number of aliphatic carboxylic acids is 1. The molecule has 20 heavy (non-hydrogen) atoms. The highest BCUT2D eigenvalue weighted by Crippen LogP contribution is 2.22. The second kappa shape index (κ2) is 5.21. The van der Waals surface area contributed by atoms with E-state index in [-0.39, 0.29) is 6.42 Å².